The van der Waals surface area contributed by atoms with E-state index >= 15 is 0 Å². The molecular weight excluding hydrogens is 312 g/mol. The van der Waals surface area contributed by atoms with Gasteiger partial charge in [-0.1, -0.05) is 54.1 Å². The van der Waals surface area contributed by atoms with Crippen LogP contribution in [0, 0.1) is 6.92 Å². The van der Waals surface area contributed by atoms with Crippen LogP contribution < -0.4 is 5.32 Å². The average molecular weight is 338 g/mol. The Labute approximate surface area is 149 Å². The molecule has 1 heterocycles. The van der Waals surface area contributed by atoms with E-state index in [-0.39, 0.29) is 5.91 Å². The van der Waals surface area contributed by atoms with E-state index in [0.29, 0.717) is 13.0 Å². The van der Waals surface area contributed by atoms with Gasteiger partial charge in [-0.3, -0.25) is 9.69 Å². The highest BCUT2D eigenvalue weighted by Crippen LogP contribution is 2.09. The molecular formula is C21H26N2O2. The lowest BCUT2D eigenvalue weighted by Gasteiger charge is -2.26. The summed E-state index contributed by atoms with van der Waals surface area (Å²) in [6, 6.07) is 16.6. The van der Waals surface area contributed by atoms with Crippen LogP contribution in [0.15, 0.2) is 48.5 Å². The molecule has 4 heteroatoms. The molecule has 3 rings (SSSR count). The summed E-state index contributed by atoms with van der Waals surface area (Å²) in [6.07, 6.45) is 0.426. The number of carbonyl (C=O) groups is 1. The molecule has 0 bridgehead atoms. The zero-order valence-corrected chi connectivity index (χ0v) is 14.8. The van der Waals surface area contributed by atoms with Gasteiger partial charge in [0.15, 0.2) is 0 Å². The van der Waals surface area contributed by atoms with E-state index in [2.05, 4.69) is 34.5 Å². The van der Waals surface area contributed by atoms with Gasteiger partial charge in [0, 0.05) is 26.2 Å². The first kappa shape index (κ1) is 17.6. The Morgan fingerprint density at radius 2 is 1.56 bits per heavy atom. The van der Waals surface area contributed by atoms with Crippen molar-refractivity contribution in [3.63, 3.8) is 0 Å². The van der Waals surface area contributed by atoms with Gasteiger partial charge >= 0.3 is 0 Å². The number of benzene rings is 2. The number of rotatable bonds is 6. The third-order valence-corrected chi connectivity index (χ3v) is 4.51. The maximum atomic E-state index is 12.1. The van der Waals surface area contributed by atoms with Crippen LogP contribution in [0.3, 0.4) is 0 Å². The maximum absolute atomic E-state index is 12.1. The summed E-state index contributed by atoms with van der Waals surface area (Å²) >= 11 is 0. The molecule has 0 saturated carbocycles. The van der Waals surface area contributed by atoms with Crippen molar-refractivity contribution in [2.75, 3.05) is 26.3 Å². The Balaban J connectivity index is 1.44. The molecule has 0 aromatic heterocycles. The summed E-state index contributed by atoms with van der Waals surface area (Å²) in [6.45, 7) is 7.22. The molecule has 2 aromatic rings. The second kappa shape index (κ2) is 8.79. The van der Waals surface area contributed by atoms with E-state index in [4.69, 9.17) is 4.74 Å². The van der Waals surface area contributed by atoms with Crippen molar-refractivity contribution in [2.24, 2.45) is 0 Å². The van der Waals surface area contributed by atoms with E-state index in [9.17, 15) is 4.79 Å². The largest absolute Gasteiger partial charge is 0.379 e. The van der Waals surface area contributed by atoms with Crippen LogP contribution >= 0.6 is 0 Å². The van der Waals surface area contributed by atoms with Crippen molar-refractivity contribution in [3.05, 3.63) is 70.8 Å². The van der Waals surface area contributed by atoms with E-state index in [1.807, 2.05) is 31.2 Å². The Bertz CT molecular complexity index is 674. The number of hydrogen-bond acceptors (Lipinski definition) is 3. The van der Waals surface area contributed by atoms with E-state index < -0.39 is 0 Å². The number of hydrogen-bond donors (Lipinski definition) is 1. The van der Waals surface area contributed by atoms with Gasteiger partial charge in [0.25, 0.3) is 0 Å². The highest BCUT2D eigenvalue weighted by Gasteiger charge is 2.10. The monoisotopic (exact) mass is 338 g/mol. The topological polar surface area (TPSA) is 41.6 Å². The Hall–Kier alpha value is -2.17. The molecule has 1 aliphatic rings. The van der Waals surface area contributed by atoms with Gasteiger partial charge in [-0.15, -0.1) is 0 Å². The molecule has 2 aromatic carbocycles. The number of aryl methyl sites for hydroxylation is 1. The molecule has 1 amide bonds. The van der Waals surface area contributed by atoms with Crippen LogP contribution in [-0.4, -0.2) is 37.1 Å². The lowest BCUT2D eigenvalue weighted by Crippen LogP contribution is -2.35. The molecule has 1 fully saturated rings. The minimum Gasteiger partial charge on any atom is -0.379 e. The van der Waals surface area contributed by atoms with Crippen LogP contribution in [-0.2, 0) is 29.0 Å². The van der Waals surface area contributed by atoms with Gasteiger partial charge in [-0.2, -0.15) is 0 Å². The Morgan fingerprint density at radius 3 is 2.24 bits per heavy atom. The fourth-order valence-electron chi connectivity index (χ4n) is 2.93. The standard InChI is InChI=1S/C21H26N2O2/c1-17-2-4-18(5-3-17)14-21(24)22-15-19-6-8-20(9-7-19)16-23-10-12-25-13-11-23/h2-9H,10-16H2,1H3,(H,22,24). The summed E-state index contributed by atoms with van der Waals surface area (Å²) < 4.78 is 5.38. The predicted octanol–water partition coefficient (Wildman–Crippen LogP) is 2.69. The molecule has 0 atom stereocenters. The summed E-state index contributed by atoms with van der Waals surface area (Å²) in [5.74, 6) is 0.0567. The lowest BCUT2D eigenvalue weighted by atomic mass is 10.1. The molecule has 0 radical (unpaired) electrons. The van der Waals surface area contributed by atoms with Gasteiger partial charge < -0.3 is 10.1 Å². The second-order valence-corrected chi connectivity index (χ2v) is 6.64. The molecule has 1 saturated heterocycles. The zero-order chi connectivity index (χ0) is 17.5. The van der Waals surface area contributed by atoms with Gasteiger partial charge in [0.05, 0.1) is 19.6 Å². The predicted molar refractivity (Wildman–Crippen MR) is 99.3 cm³/mol. The summed E-state index contributed by atoms with van der Waals surface area (Å²) in [4.78, 5) is 14.5. The fourth-order valence-corrected chi connectivity index (χ4v) is 2.93. The molecule has 4 nitrogen and oxygen atoms in total. The smallest absolute Gasteiger partial charge is 0.224 e. The van der Waals surface area contributed by atoms with Crippen molar-refractivity contribution in [3.8, 4) is 0 Å². The van der Waals surface area contributed by atoms with Crippen molar-refractivity contribution < 1.29 is 9.53 Å². The minimum atomic E-state index is 0.0567. The van der Waals surface area contributed by atoms with E-state index in [1.165, 1.54) is 11.1 Å². The first-order valence-electron chi connectivity index (χ1n) is 8.89. The molecule has 0 aliphatic carbocycles. The van der Waals surface area contributed by atoms with Crippen LogP contribution in [0.4, 0.5) is 0 Å². The number of ether oxygens (including phenoxy) is 1. The number of nitrogens with one attached hydrogen (secondary N) is 1. The minimum absolute atomic E-state index is 0.0567. The summed E-state index contributed by atoms with van der Waals surface area (Å²) in [7, 11) is 0. The highest BCUT2D eigenvalue weighted by molar-refractivity contribution is 5.78. The molecule has 1 aliphatic heterocycles. The van der Waals surface area contributed by atoms with Gasteiger partial charge in [-0.05, 0) is 23.6 Å². The van der Waals surface area contributed by atoms with Crippen molar-refractivity contribution in [1.82, 2.24) is 10.2 Å². The van der Waals surface area contributed by atoms with Crippen molar-refractivity contribution in [2.45, 2.75) is 26.4 Å². The molecule has 132 valence electrons. The molecule has 0 spiro atoms. The SMILES string of the molecule is Cc1ccc(CC(=O)NCc2ccc(CN3CCOCC3)cc2)cc1. The van der Waals surface area contributed by atoms with Crippen molar-refractivity contribution >= 4 is 5.91 Å². The number of carbonyl (C=O) groups excluding carboxylic acids is 1. The van der Waals surface area contributed by atoms with Gasteiger partial charge in [0.2, 0.25) is 5.91 Å². The van der Waals surface area contributed by atoms with Crippen LogP contribution in [0.1, 0.15) is 22.3 Å². The third-order valence-electron chi connectivity index (χ3n) is 4.51. The lowest BCUT2D eigenvalue weighted by molar-refractivity contribution is -0.120. The van der Waals surface area contributed by atoms with E-state index in [1.54, 1.807) is 0 Å². The van der Waals surface area contributed by atoms with Crippen LogP contribution in [0.5, 0.6) is 0 Å². The first-order valence-corrected chi connectivity index (χ1v) is 8.89. The quantitative estimate of drug-likeness (QED) is 0.880. The Kier molecular flexibility index (Phi) is 6.20. The first-order chi connectivity index (χ1) is 12.2. The van der Waals surface area contributed by atoms with Crippen LogP contribution in [0.2, 0.25) is 0 Å². The molecule has 0 unspecified atom stereocenters. The van der Waals surface area contributed by atoms with Crippen LogP contribution in [0.25, 0.3) is 0 Å². The second-order valence-electron chi connectivity index (χ2n) is 6.64. The summed E-state index contributed by atoms with van der Waals surface area (Å²) in [5.41, 5.74) is 4.69. The normalized spacial score (nSPS) is 15.1. The molecule has 25 heavy (non-hydrogen) atoms. The molecule has 1 N–H and O–H groups in total. The number of morpholine rings is 1. The van der Waals surface area contributed by atoms with Crippen molar-refractivity contribution in [1.29, 1.82) is 0 Å². The number of amides is 1. The van der Waals surface area contributed by atoms with E-state index in [0.717, 1.165) is 44.0 Å². The third kappa shape index (κ3) is 5.69. The zero-order valence-electron chi connectivity index (χ0n) is 14.8. The average Bonchev–Trinajstić information content (AvgIpc) is 2.64. The van der Waals surface area contributed by atoms with Gasteiger partial charge in [0.1, 0.15) is 0 Å². The van der Waals surface area contributed by atoms with Gasteiger partial charge in [-0.25, -0.2) is 0 Å². The summed E-state index contributed by atoms with van der Waals surface area (Å²) in [5, 5.41) is 3.00. The Morgan fingerprint density at radius 1 is 0.960 bits per heavy atom. The fraction of sp³-hybridized carbons (Fsp3) is 0.381. The highest BCUT2D eigenvalue weighted by atomic mass is 16.5. The maximum Gasteiger partial charge on any atom is 0.224 e. The number of nitrogens with zero attached hydrogens (tertiary/aromatic N) is 1.